The van der Waals surface area contributed by atoms with Crippen molar-refractivity contribution in [3.05, 3.63) is 82.5 Å². The summed E-state index contributed by atoms with van der Waals surface area (Å²) in [6.07, 6.45) is 3.40. The van der Waals surface area contributed by atoms with E-state index < -0.39 is 0 Å². The van der Waals surface area contributed by atoms with Crippen LogP contribution in [0, 0.1) is 0 Å². The first-order valence-electron chi connectivity index (χ1n) is 8.16. The van der Waals surface area contributed by atoms with Gasteiger partial charge in [0.05, 0.1) is 29.5 Å². The molecule has 2 aromatic carbocycles. The molecule has 0 radical (unpaired) electrons. The van der Waals surface area contributed by atoms with E-state index in [1.807, 2.05) is 30.3 Å². The van der Waals surface area contributed by atoms with Crippen molar-refractivity contribution in [3.8, 4) is 0 Å². The molecule has 0 aliphatic heterocycles. The Bertz CT molecular complexity index is 1140. The number of nitrogens with one attached hydrogen (secondary N) is 2. The standard InChI is InChI=1S/C19H17N5O2/c1-23-17-8-7-14(9-16(17)22-19(23)26)18(25)21-15-10-20-24(12-15)11-13-5-3-2-4-6-13/h2-10,12H,11H2,1H3,(H,21,25)(H,22,26). The van der Waals surface area contributed by atoms with E-state index in [1.54, 1.807) is 42.3 Å². The average Bonchev–Trinajstić information content (AvgIpc) is 3.19. The van der Waals surface area contributed by atoms with E-state index in [4.69, 9.17) is 0 Å². The van der Waals surface area contributed by atoms with E-state index in [2.05, 4.69) is 15.4 Å². The minimum Gasteiger partial charge on any atom is -0.319 e. The fourth-order valence-electron chi connectivity index (χ4n) is 2.87. The second kappa shape index (κ2) is 6.36. The van der Waals surface area contributed by atoms with Crippen LogP contribution in [-0.4, -0.2) is 25.2 Å². The number of imidazole rings is 1. The molecule has 0 unspecified atom stereocenters. The molecule has 0 fully saturated rings. The van der Waals surface area contributed by atoms with Crippen LogP contribution >= 0.6 is 0 Å². The molecule has 0 bridgehead atoms. The monoisotopic (exact) mass is 347 g/mol. The van der Waals surface area contributed by atoms with Crippen molar-refractivity contribution in [2.45, 2.75) is 6.54 Å². The molecule has 7 nitrogen and oxygen atoms in total. The second-order valence-electron chi connectivity index (χ2n) is 6.09. The molecule has 130 valence electrons. The lowest BCUT2D eigenvalue weighted by Crippen LogP contribution is -2.11. The minimum absolute atomic E-state index is 0.209. The molecule has 0 aliphatic carbocycles. The van der Waals surface area contributed by atoms with Gasteiger partial charge in [-0.1, -0.05) is 30.3 Å². The van der Waals surface area contributed by atoms with Crippen LogP contribution in [0.3, 0.4) is 0 Å². The third kappa shape index (κ3) is 3.02. The fourth-order valence-corrected chi connectivity index (χ4v) is 2.87. The van der Waals surface area contributed by atoms with Gasteiger partial charge in [-0.25, -0.2) is 4.79 Å². The van der Waals surface area contributed by atoms with Gasteiger partial charge in [-0.3, -0.25) is 14.0 Å². The maximum atomic E-state index is 12.5. The number of hydrogen-bond donors (Lipinski definition) is 2. The van der Waals surface area contributed by atoms with Gasteiger partial charge in [-0.15, -0.1) is 0 Å². The number of carbonyl (C=O) groups is 1. The summed E-state index contributed by atoms with van der Waals surface area (Å²) in [4.78, 5) is 26.9. The van der Waals surface area contributed by atoms with E-state index in [0.29, 0.717) is 23.3 Å². The highest BCUT2D eigenvalue weighted by molar-refractivity contribution is 6.05. The van der Waals surface area contributed by atoms with Crippen LogP contribution in [-0.2, 0) is 13.6 Å². The number of hydrogen-bond acceptors (Lipinski definition) is 3. The number of fused-ring (bicyclic) bond motifs is 1. The maximum Gasteiger partial charge on any atom is 0.326 e. The minimum atomic E-state index is -0.254. The van der Waals surface area contributed by atoms with Crippen molar-refractivity contribution in [3.63, 3.8) is 0 Å². The summed E-state index contributed by atoms with van der Waals surface area (Å²) < 4.78 is 3.27. The predicted molar refractivity (Wildman–Crippen MR) is 99.3 cm³/mol. The zero-order chi connectivity index (χ0) is 18.1. The summed E-state index contributed by atoms with van der Waals surface area (Å²) in [5.41, 5.74) is 3.39. The topological polar surface area (TPSA) is 84.7 Å². The van der Waals surface area contributed by atoms with E-state index >= 15 is 0 Å². The number of rotatable bonds is 4. The Kier molecular flexibility index (Phi) is 3.89. The molecule has 0 saturated carbocycles. The molecule has 0 spiro atoms. The molecular formula is C19H17N5O2. The van der Waals surface area contributed by atoms with Crippen molar-refractivity contribution in [1.82, 2.24) is 19.3 Å². The summed E-state index contributed by atoms with van der Waals surface area (Å²) >= 11 is 0. The SMILES string of the molecule is Cn1c(=O)[nH]c2cc(C(=O)Nc3cnn(Cc4ccccc4)c3)ccc21. The molecule has 2 heterocycles. The van der Waals surface area contributed by atoms with Crippen molar-refractivity contribution >= 4 is 22.6 Å². The highest BCUT2D eigenvalue weighted by Gasteiger charge is 2.11. The Labute approximate surface area is 148 Å². The van der Waals surface area contributed by atoms with Crippen molar-refractivity contribution < 1.29 is 4.79 Å². The number of benzene rings is 2. The van der Waals surface area contributed by atoms with Gasteiger partial charge in [0, 0.05) is 18.8 Å². The molecule has 0 aliphatic rings. The highest BCUT2D eigenvalue weighted by Crippen LogP contribution is 2.14. The molecule has 2 N–H and O–H groups in total. The predicted octanol–water partition coefficient (Wildman–Crippen LogP) is 2.36. The van der Waals surface area contributed by atoms with Crippen LogP contribution in [0.25, 0.3) is 11.0 Å². The van der Waals surface area contributed by atoms with E-state index in [0.717, 1.165) is 11.1 Å². The fraction of sp³-hybridized carbons (Fsp3) is 0.105. The third-order valence-corrected chi connectivity index (χ3v) is 4.24. The third-order valence-electron chi connectivity index (χ3n) is 4.24. The first-order valence-corrected chi connectivity index (χ1v) is 8.16. The number of amides is 1. The number of nitrogens with zero attached hydrogens (tertiary/aromatic N) is 3. The number of aryl methyl sites for hydroxylation is 1. The zero-order valence-corrected chi connectivity index (χ0v) is 14.1. The number of anilines is 1. The Morgan fingerprint density at radius 3 is 2.81 bits per heavy atom. The smallest absolute Gasteiger partial charge is 0.319 e. The summed E-state index contributed by atoms with van der Waals surface area (Å²) in [5, 5.41) is 7.10. The van der Waals surface area contributed by atoms with Crippen LogP contribution in [0.2, 0.25) is 0 Å². The lowest BCUT2D eigenvalue weighted by molar-refractivity contribution is 0.102. The summed E-state index contributed by atoms with van der Waals surface area (Å²) in [7, 11) is 1.68. The Balaban J connectivity index is 1.50. The Hall–Kier alpha value is -3.61. The van der Waals surface area contributed by atoms with Crippen LogP contribution in [0.1, 0.15) is 15.9 Å². The van der Waals surface area contributed by atoms with E-state index in [1.165, 1.54) is 4.57 Å². The van der Waals surface area contributed by atoms with Gasteiger partial charge < -0.3 is 10.3 Å². The van der Waals surface area contributed by atoms with Gasteiger partial charge in [0.1, 0.15) is 0 Å². The maximum absolute atomic E-state index is 12.5. The number of aromatic nitrogens is 4. The Morgan fingerprint density at radius 1 is 1.19 bits per heavy atom. The van der Waals surface area contributed by atoms with Gasteiger partial charge in [0.15, 0.2) is 0 Å². The quantitative estimate of drug-likeness (QED) is 0.594. The molecule has 2 aromatic heterocycles. The van der Waals surface area contributed by atoms with E-state index in [-0.39, 0.29) is 11.6 Å². The van der Waals surface area contributed by atoms with Crippen molar-refractivity contribution in [1.29, 1.82) is 0 Å². The molecule has 1 amide bonds. The van der Waals surface area contributed by atoms with Gasteiger partial charge >= 0.3 is 5.69 Å². The van der Waals surface area contributed by atoms with Gasteiger partial charge in [-0.2, -0.15) is 5.10 Å². The van der Waals surface area contributed by atoms with Crippen LogP contribution in [0.5, 0.6) is 0 Å². The summed E-state index contributed by atoms with van der Waals surface area (Å²) in [6, 6.07) is 15.1. The normalized spacial score (nSPS) is 11.0. The van der Waals surface area contributed by atoms with E-state index in [9.17, 15) is 9.59 Å². The zero-order valence-electron chi connectivity index (χ0n) is 14.1. The number of aromatic amines is 1. The largest absolute Gasteiger partial charge is 0.326 e. The lowest BCUT2D eigenvalue weighted by atomic mass is 10.2. The summed E-state index contributed by atoms with van der Waals surface area (Å²) in [6.45, 7) is 0.633. The number of H-pyrrole nitrogens is 1. The molecule has 0 atom stereocenters. The van der Waals surface area contributed by atoms with Crippen molar-refractivity contribution in [2.24, 2.45) is 7.05 Å². The molecule has 4 aromatic rings. The first-order chi connectivity index (χ1) is 12.6. The van der Waals surface area contributed by atoms with Crippen LogP contribution in [0.15, 0.2) is 65.7 Å². The molecule has 7 heteroatoms. The van der Waals surface area contributed by atoms with Gasteiger partial charge in [0.2, 0.25) is 0 Å². The van der Waals surface area contributed by atoms with Crippen LogP contribution < -0.4 is 11.0 Å². The average molecular weight is 347 g/mol. The lowest BCUT2D eigenvalue weighted by Gasteiger charge is -2.03. The van der Waals surface area contributed by atoms with Gasteiger partial charge in [-0.05, 0) is 23.8 Å². The first kappa shape index (κ1) is 15.9. The van der Waals surface area contributed by atoms with Crippen LogP contribution in [0.4, 0.5) is 5.69 Å². The molecule has 4 rings (SSSR count). The summed E-state index contributed by atoms with van der Waals surface area (Å²) in [5.74, 6) is -0.254. The Morgan fingerprint density at radius 2 is 2.00 bits per heavy atom. The second-order valence-corrected chi connectivity index (χ2v) is 6.09. The highest BCUT2D eigenvalue weighted by atomic mass is 16.2. The van der Waals surface area contributed by atoms with Gasteiger partial charge in [0.25, 0.3) is 5.91 Å². The molecule has 26 heavy (non-hydrogen) atoms. The van der Waals surface area contributed by atoms with Crippen molar-refractivity contribution in [2.75, 3.05) is 5.32 Å². The number of carbonyl (C=O) groups excluding carboxylic acids is 1. The molecule has 0 saturated heterocycles. The molecular weight excluding hydrogens is 330 g/mol.